The molecule has 0 heterocycles. The molecule has 0 amide bonds. The standard InChI is InChI=1S/2C6H14.Na.2H3O3PS.H/c2*1-4-5-6(2)3;;2*1-4(2,3)5;/h2*6H,4-5H2,1-3H3;;2*(H3,1,2,3,5);. The van der Waals surface area contributed by atoms with Crippen LogP contribution in [0, 0.1) is 11.8 Å². The molecular weight excluding hydrogens is 389 g/mol. The molecule has 0 aromatic rings. The molecule has 0 fully saturated rings. The Labute approximate surface area is 174 Å². The van der Waals surface area contributed by atoms with E-state index in [1.54, 1.807) is 0 Å². The van der Waals surface area contributed by atoms with Crippen LogP contribution in [0.4, 0.5) is 0 Å². The first-order valence-electron chi connectivity index (χ1n) is 7.11. The molecule has 0 bridgehead atoms. The van der Waals surface area contributed by atoms with Crippen LogP contribution in [0.1, 0.15) is 67.2 Å². The van der Waals surface area contributed by atoms with Crippen molar-refractivity contribution in [1.29, 1.82) is 0 Å². The zero-order chi connectivity index (χ0) is 19.0. The molecule has 0 atom stereocenters. The van der Waals surface area contributed by atoms with Gasteiger partial charge in [-0.2, -0.15) is 0 Å². The van der Waals surface area contributed by atoms with Crippen molar-refractivity contribution in [3.8, 4) is 0 Å². The van der Waals surface area contributed by atoms with Crippen molar-refractivity contribution >= 4 is 66.6 Å². The first kappa shape index (κ1) is 36.1. The third-order valence-electron chi connectivity index (χ3n) is 1.73. The minimum atomic E-state index is -3.81. The Morgan fingerprint density at radius 2 is 0.783 bits per heavy atom. The molecule has 11 heteroatoms. The van der Waals surface area contributed by atoms with Gasteiger partial charge in [0.05, 0.1) is 0 Å². The summed E-state index contributed by atoms with van der Waals surface area (Å²) in [5.74, 6) is 1.80. The Morgan fingerprint density at radius 1 is 0.652 bits per heavy atom. The van der Waals surface area contributed by atoms with E-state index in [0.717, 1.165) is 11.8 Å². The topological polar surface area (TPSA) is 121 Å². The molecule has 6 nitrogen and oxygen atoms in total. The molecule has 0 unspecified atom stereocenters. The molecule has 0 radical (unpaired) electrons. The van der Waals surface area contributed by atoms with Crippen LogP contribution in [-0.4, -0.2) is 58.9 Å². The Balaban J connectivity index is -0.0000000620. The predicted octanol–water partition coefficient (Wildman–Crippen LogP) is 2.61. The fraction of sp³-hybridized carbons (Fsp3) is 1.00. The second kappa shape index (κ2) is 22.1. The number of hydrogen-bond acceptors (Lipinski definition) is 2. The second-order valence-electron chi connectivity index (χ2n) is 5.39. The van der Waals surface area contributed by atoms with Gasteiger partial charge in [-0.3, -0.25) is 0 Å². The molecule has 0 aromatic carbocycles. The summed E-state index contributed by atoms with van der Waals surface area (Å²) < 4.78 is 0. The van der Waals surface area contributed by atoms with E-state index in [0.29, 0.717) is 0 Å². The van der Waals surface area contributed by atoms with Crippen LogP contribution in [0.3, 0.4) is 0 Å². The van der Waals surface area contributed by atoms with Gasteiger partial charge in [-0.05, 0) is 35.4 Å². The molecule has 0 aliphatic rings. The average molecular weight is 424 g/mol. The Kier molecular flexibility index (Phi) is 34.6. The fourth-order valence-corrected chi connectivity index (χ4v) is 1.15. The van der Waals surface area contributed by atoms with Crippen molar-refractivity contribution < 1.29 is 29.4 Å². The molecule has 0 rings (SSSR count). The average Bonchev–Trinajstić information content (AvgIpc) is 2.11. The second-order valence-corrected chi connectivity index (χ2v) is 10.4. The van der Waals surface area contributed by atoms with Crippen molar-refractivity contribution in [2.24, 2.45) is 11.8 Å². The van der Waals surface area contributed by atoms with Gasteiger partial charge in [0, 0.05) is 0 Å². The summed E-state index contributed by atoms with van der Waals surface area (Å²) in [4.78, 5) is 45.3. The van der Waals surface area contributed by atoms with Gasteiger partial charge < -0.3 is 29.4 Å². The first-order valence-corrected chi connectivity index (χ1v) is 12.4. The zero-order valence-corrected chi connectivity index (χ0v) is 17.8. The van der Waals surface area contributed by atoms with Gasteiger partial charge in [-0.1, -0.05) is 67.2 Å². The summed E-state index contributed by atoms with van der Waals surface area (Å²) in [5, 5.41) is 0. The van der Waals surface area contributed by atoms with E-state index in [1.807, 2.05) is 0 Å². The van der Waals surface area contributed by atoms with Gasteiger partial charge in [-0.25, -0.2) is 0 Å². The molecule has 6 N–H and O–H groups in total. The molecule has 0 aliphatic heterocycles. The Morgan fingerprint density at radius 3 is 0.783 bits per heavy atom. The molecule has 0 aliphatic carbocycles. The quantitative estimate of drug-likeness (QED) is 0.301. The molecule has 0 spiro atoms. The van der Waals surface area contributed by atoms with Crippen LogP contribution < -0.4 is 0 Å². The third kappa shape index (κ3) is 180. The van der Waals surface area contributed by atoms with E-state index < -0.39 is 13.4 Å². The van der Waals surface area contributed by atoms with Crippen LogP contribution in [-0.2, 0) is 23.6 Å². The van der Waals surface area contributed by atoms with E-state index in [4.69, 9.17) is 29.4 Å². The van der Waals surface area contributed by atoms with Gasteiger partial charge in [0.15, 0.2) is 0 Å². The molecule has 0 aromatic heterocycles. The molecule has 142 valence electrons. The summed E-state index contributed by atoms with van der Waals surface area (Å²) in [6.07, 6.45) is 5.41. The van der Waals surface area contributed by atoms with Crippen LogP contribution in [0.15, 0.2) is 0 Å². The maximum atomic E-state index is 7.56. The minimum absolute atomic E-state index is 0. The van der Waals surface area contributed by atoms with Crippen LogP contribution in [0.25, 0.3) is 0 Å². The molecule has 0 saturated carbocycles. The Hall–Kier alpha value is 2.06. The van der Waals surface area contributed by atoms with Crippen molar-refractivity contribution in [2.75, 3.05) is 0 Å². The van der Waals surface area contributed by atoms with E-state index in [9.17, 15) is 0 Å². The van der Waals surface area contributed by atoms with Crippen molar-refractivity contribution in [3.63, 3.8) is 0 Å². The number of hydrogen-bond donors (Lipinski definition) is 6. The number of rotatable bonds is 4. The zero-order valence-electron chi connectivity index (χ0n) is 14.4. The summed E-state index contributed by atoms with van der Waals surface area (Å²) >= 11 is 7.21. The van der Waals surface area contributed by atoms with Crippen molar-refractivity contribution in [2.45, 2.75) is 67.2 Å². The summed E-state index contributed by atoms with van der Waals surface area (Å²) in [6.45, 7) is 5.85. The van der Waals surface area contributed by atoms with Gasteiger partial charge in [0.1, 0.15) is 0 Å². The summed E-state index contributed by atoms with van der Waals surface area (Å²) in [7, 11) is 0. The molecule has 0 saturated heterocycles. The van der Waals surface area contributed by atoms with Gasteiger partial charge >= 0.3 is 43.0 Å². The monoisotopic (exact) mass is 424 g/mol. The van der Waals surface area contributed by atoms with Gasteiger partial charge in [0.25, 0.3) is 0 Å². The SMILES string of the molecule is CCCC(C)C.CCCC(C)C.OP(O)(O)=S.OP(O)(O)=S.[NaH]. The maximum absolute atomic E-state index is 7.56. The van der Waals surface area contributed by atoms with Crippen LogP contribution in [0.5, 0.6) is 0 Å². The van der Waals surface area contributed by atoms with Crippen molar-refractivity contribution in [3.05, 3.63) is 0 Å². The third-order valence-corrected chi connectivity index (χ3v) is 1.73. The molecular formula is C12H35NaO6P2S2. The summed E-state index contributed by atoms with van der Waals surface area (Å²) in [6, 6.07) is 0. The van der Waals surface area contributed by atoms with E-state index in [-0.39, 0.29) is 29.6 Å². The normalized spacial score (nSPS) is 10.3. The first-order chi connectivity index (χ1) is 9.54. The predicted molar refractivity (Wildman–Crippen MR) is 109 cm³/mol. The van der Waals surface area contributed by atoms with E-state index >= 15 is 0 Å². The summed E-state index contributed by atoms with van der Waals surface area (Å²) in [5.41, 5.74) is 0. The van der Waals surface area contributed by atoms with Crippen molar-refractivity contribution in [1.82, 2.24) is 0 Å². The van der Waals surface area contributed by atoms with Crippen LogP contribution >= 0.6 is 13.4 Å². The van der Waals surface area contributed by atoms with Crippen LogP contribution in [0.2, 0.25) is 0 Å². The van der Waals surface area contributed by atoms with E-state index in [2.05, 4.69) is 65.2 Å². The fourth-order valence-electron chi connectivity index (χ4n) is 1.15. The van der Waals surface area contributed by atoms with Gasteiger partial charge in [-0.15, -0.1) is 0 Å². The Bertz CT molecular complexity index is 261. The van der Waals surface area contributed by atoms with E-state index in [1.165, 1.54) is 25.7 Å². The molecule has 23 heavy (non-hydrogen) atoms. The van der Waals surface area contributed by atoms with Gasteiger partial charge in [0.2, 0.25) is 0 Å².